The molecule has 0 radical (unpaired) electrons. The fourth-order valence-electron chi connectivity index (χ4n) is 1.39. The summed E-state index contributed by atoms with van der Waals surface area (Å²) in [5, 5.41) is 17.0. The average molecular weight is 229 g/mol. The molecule has 0 saturated heterocycles. The first-order chi connectivity index (χ1) is 7.17. The van der Waals surface area contributed by atoms with Gasteiger partial charge in [-0.3, -0.25) is 4.68 Å². The lowest BCUT2D eigenvalue weighted by atomic mass is 10.2. The largest absolute Gasteiger partial charge is 0.395 e. The highest BCUT2D eigenvalue weighted by atomic mass is 32.2. The maximum absolute atomic E-state index is 9.12. The van der Waals surface area contributed by atoms with Crippen LogP contribution in [0.4, 0.5) is 0 Å². The molecule has 0 amide bonds. The molecular formula is C10H19N3OS. The van der Waals surface area contributed by atoms with Gasteiger partial charge in [-0.15, -0.1) is 0 Å². The van der Waals surface area contributed by atoms with Gasteiger partial charge in [-0.1, -0.05) is 0 Å². The molecule has 4 nitrogen and oxygen atoms in total. The van der Waals surface area contributed by atoms with Gasteiger partial charge >= 0.3 is 0 Å². The molecule has 2 atom stereocenters. The fourth-order valence-corrected chi connectivity index (χ4v) is 2.04. The second-order valence-electron chi connectivity index (χ2n) is 3.61. The zero-order valence-electron chi connectivity index (χ0n) is 9.47. The van der Waals surface area contributed by atoms with Gasteiger partial charge in [0, 0.05) is 31.1 Å². The molecule has 1 aromatic heterocycles. The van der Waals surface area contributed by atoms with Gasteiger partial charge in [0.25, 0.3) is 0 Å². The summed E-state index contributed by atoms with van der Waals surface area (Å²) >= 11 is 1.68. The maximum Gasteiger partial charge on any atom is 0.0762 e. The molecule has 2 unspecified atom stereocenters. The Balaban J connectivity index is 2.36. The predicted octanol–water partition coefficient (Wildman–Crippen LogP) is 0.622. The number of aromatic nitrogens is 2. The van der Waals surface area contributed by atoms with Crippen LogP contribution in [0.2, 0.25) is 0 Å². The summed E-state index contributed by atoms with van der Waals surface area (Å²) in [5.74, 6) is 0. The molecule has 0 spiro atoms. The summed E-state index contributed by atoms with van der Waals surface area (Å²) in [7, 11) is 1.91. The van der Waals surface area contributed by atoms with Crippen LogP contribution in [0, 0.1) is 0 Å². The zero-order chi connectivity index (χ0) is 11.3. The van der Waals surface area contributed by atoms with E-state index in [1.165, 1.54) is 0 Å². The molecular weight excluding hydrogens is 210 g/mol. The van der Waals surface area contributed by atoms with Crippen LogP contribution in [-0.2, 0) is 13.6 Å². The van der Waals surface area contributed by atoms with E-state index in [1.54, 1.807) is 16.4 Å². The maximum atomic E-state index is 9.12. The number of aryl methyl sites for hydroxylation is 1. The Morgan fingerprint density at radius 3 is 2.87 bits per heavy atom. The number of thioether (sulfide) groups is 1. The Kier molecular flexibility index (Phi) is 5.14. The molecule has 0 fully saturated rings. The van der Waals surface area contributed by atoms with Crippen LogP contribution in [-0.4, -0.2) is 39.0 Å². The molecule has 1 heterocycles. The van der Waals surface area contributed by atoms with Crippen LogP contribution in [0.5, 0.6) is 0 Å². The predicted molar refractivity (Wildman–Crippen MR) is 63.9 cm³/mol. The van der Waals surface area contributed by atoms with Crippen molar-refractivity contribution in [3.8, 4) is 0 Å². The van der Waals surface area contributed by atoms with Crippen molar-refractivity contribution in [1.29, 1.82) is 0 Å². The molecule has 2 N–H and O–H groups in total. The van der Waals surface area contributed by atoms with Gasteiger partial charge in [-0.2, -0.15) is 16.9 Å². The SMILES string of the molecule is CSC(CO)C(C)NCc1ccn(C)n1. The Bertz CT molecular complexity index is 286. The fraction of sp³-hybridized carbons (Fsp3) is 0.700. The average Bonchev–Trinajstić information content (AvgIpc) is 2.63. The first-order valence-electron chi connectivity index (χ1n) is 5.03. The summed E-state index contributed by atoms with van der Waals surface area (Å²) in [6, 6.07) is 2.28. The van der Waals surface area contributed by atoms with Crippen LogP contribution in [0.15, 0.2) is 12.3 Å². The topological polar surface area (TPSA) is 50.1 Å². The number of nitrogens with one attached hydrogen (secondary N) is 1. The summed E-state index contributed by atoms with van der Waals surface area (Å²) in [6.45, 7) is 3.04. The summed E-state index contributed by atoms with van der Waals surface area (Å²) in [6.07, 6.45) is 3.94. The Morgan fingerprint density at radius 1 is 1.67 bits per heavy atom. The van der Waals surface area contributed by atoms with Gasteiger partial charge in [0.05, 0.1) is 12.3 Å². The van der Waals surface area contributed by atoms with Gasteiger partial charge in [0.2, 0.25) is 0 Å². The molecule has 86 valence electrons. The number of aliphatic hydroxyl groups is 1. The third-order valence-electron chi connectivity index (χ3n) is 2.41. The molecule has 0 aliphatic carbocycles. The van der Waals surface area contributed by atoms with Crippen molar-refractivity contribution in [2.45, 2.75) is 24.8 Å². The lowest BCUT2D eigenvalue weighted by molar-refractivity contribution is 0.275. The molecule has 5 heteroatoms. The van der Waals surface area contributed by atoms with E-state index in [0.717, 1.165) is 12.2 Å². The minimum atomic E-state index is 0.206. The number of aliphatic hydroxyl groups excluding tert-OH is 1. The lowest BCUT2D eigenvalue weighted by Gasteiger charge is -2.20. The Labute approximate surface area is 95.1 Å². The second-order valence-corrected chi connectivity index (χ2v) is 4.68. The van der Waals surface area contributed by atoms with E-state index < -0.39 is 0 Å². The Morgan fingerprint density at radius 2 is 2.40 bits per heavy atom. The summed E-state index contributed by atoms with van der Waals surface area (Å²) in [4.78, 5) is 0. The molecule has 0 aliphatic rings. The van der Waals surface area contributed by atoms with E-state index in [0.29, 0.717) is 0 Å². The number of hydrogen-bond donors (Lipinski definition) is 2. The molecule has 0 aromatic carbocycles. The monoisotopic (exact) mass is 229 g/mol. The highest BCUT2D eigenvalue weighted by Crippen LogP contribution is 2.10. The number of nitrogens with zero attached hydrogens (tertiary/aromatic N) is 2. The minimum Gasteiger partial charge on any atom is -0.395 e. The van der Waals surface area contributed by atoms with Crippen molar-refractivity contribution >= 4 is 11.8 Å². The van der Waals surface area contributed by atoms with E-state index in [-0.39, 0.29) is 17.9 Å². The molecule has 0 saturated carbocycles. The molecule has 1 aromatic rings. The molecule has 1 rings (SSSR count). The summed E-state index contributed by atoms with van der Waals surface area (Å²) in [5.41, 5.74) is 1.03. The van der Waals surface area contributed by atoms with Crippen molar-refractivity contribution in [3.05, 3.63) is 18.0 Å². The first-order valence-corrected chi connectivity index (χ1v) is 6.31. The van der Waals surface area contributed by atoms with E-state index >= 15 is 0 Å². The second kappa shape index (κ2) is 6.15. The van der Waals surface area contributed by atoms with E-state index in [9.17, 15) is 0 Å². The van der Waals surface area contributed by atoms with E-state index in [2.05, 4.69) is 17.3 Å². The quantitative estimate of drug-likeness (QED) is 0.751. The van der Waals surface area contributed by atoms with Crippen LogP contribution < -0.4 is 5.32 Å². The van der Waals surface area contributed by atoms with E-state index in [4.69, 9.17) is 5.11 Å². The standard InChI is InChI=1S/C10H19N3OS/c1-8(10(7-14)15-3)11-6-9-4-5-13(2)12-9/h4-5,8,10-11,14H,6-7H2,1-3H3. The van der Waals surface area contributed by atoms with Crippen LogP contribution in [0.3, 0.4) is 0 Å². The van der Waals surface area contributed by atoms with Crippen LogP contribution in [0.25, 0.3) is 0 Å². The van der Waals surface area contributed by atoms with Gasteiger partial charge in [0.1, 0.15) is 0 Å². The van der Waals surface area contributed by atoms with Crippen molar-refractivity contribution in [2.75, 3.05) is 12.9 Å². The molecule has 15 heavy (non-hydrogen) atoms. The highest BCUT2D eigenvalue weighted by molar-refractivity contribution is 7.99. The normalized spacial score (nSPS) is 15.2. The third kappa shape index (κ3) is 3.85. The summed E-state index contributed by atoms with van der Waals surface area (Å²) < 4.78 is 1.79. The third-order valence-corrected chi connectivity index (χ3v) is 3.58. The van der Waals surface area contributed by atoms with Gasteiger partial charge in [0.15, 0.2) is 0 Å². The van der Waals surface area contributed by atoms with Crippen molar-refractivity contribution in [2.24, 2.45) is 7.05 Å². The molecule has 0 aliphatic heterocycles. The zero-order valence-corrected chi connectivity index (χ0v) is 10.3. The Hall–Kier alpha value is -0.520. The van der Waals surface area contributed by atoms with Crippen molar-refractivity contribution < 1.29 is 5.11 Å². The first kappa shape index (κ1) is 12.5. The van der Waals surface area contributed by atoms with Crippen LogP contribution in [0.1, 0.15) is 12.6 Å². The van der Waals surface area contributed by atoms with Gasteiger partial charge in [-0.25, -0.2) is 0 Å². The smallest absolute Gasteiger partial charge is 0.0762 e. The molecule has 0 bridgehead atoms. The van der Waals surface area contributed by atoms with Gasteiger partial charge in [-0.05, 0) is 19.2 Å². The van der Waals surface area contributed by atoms with Crippen molar-refractivity contribution in [3.63, 3.8) is 0 Å². The van der Waals surface area contributed by atoms with Crippen LogP contribution >= 0.6 is 11.8 Å². The number of rotatable bonds is 6. The lowest BCUT2D eigenvalue weighted by Crippen LogP contribution is -2.37. The van der Waals surface area contributed by atoms with Crippen molar-refractivity contribution in [1.82, 2.24) is 15.1 Å². The number of hydrogen-bond acceptors (Lipinski definition) is 4. The highest BCUT2D eigenvalue weighted by Gasteiger charge is 2.14. The van der Waals surface area contributed by atoms with Gasteiger partial charge < -0.3 is 10.4 Å². The van der Waals surface area contributed by atoms with E-state index in [1.807, 2.05) is 25.6 Å². The minimum absolute atomic E-state index is 0.206.